The fourth-order valence-electron chi connectivity index (χ4n) is 6.70. The van der Waals surface area contributed by atoms with Crippen LogP contribution < -0.4 is 16.4 Å². The van der Waals surface area contributed by atoms with Crippen molar-refractivity contribution in [1.29, 1.82) is 5.26 Å². The molecule has 2 aliphatic heterocycles. The van der Waals surface area contributed by atoms with E-state index in [0.717, 1.165) is 21.4 Å². The second-order valence-electron chi connectivity index (χ2n) is 12.5. The number of aromatic nitrogens is 1. The molecule has 2 aliphatic rings. The van der Waals surface area contributed by atoms with Crippen molar-refractivity contribution in [2.24, 2.45) is 0 Å². The third-order valence-electron chi connectivity index (χ3n) is 9.18. The molecule has 0 radical (unpaired) electrons. The van der Waals surface area contributed by atoms with Crippen LogP contribution in [-0.2, 0) is 29.1 Å². The Balaban J connectivity index is 1.16. The summed E-state index contributed by atoms with van der Waals surface area (Å²) in [5.41, 5.74) is 10.3. The van der Waals surface area contributed by atoms with E-state index in [-0.39, 0.29) is 56.9 Å². The van der Waals surface area contributed by atoms with Gasteiger partial charge in [-0.1, -0.05) is 84.1 Å². The molecule has 3 heterocycles. The summed E-state index contributed by atoms with van der Waals surface area (Å²) in [7, 11) is 0. The van der Waals surface area contributed by atoms with Gasteiger partial charge in [0, 0.05) is 30.8 Å². The molecule has 2 atom stereocenters. The molecule has 1 aromatic heterocycles. The number of hydrogen-bond acceptors (Lipinski definition) is 9. The first kappa shape index (κ1) is 34.2. The molecule has 13 nitrogen and oxygen atoms in total. The van der Waals surface area contributed by atoms with Gasteiger partial charge >= 0.3 is 6.03 Å². The van der Waals surface area contributed by atoms with Crippen LogP contribution in [0.1, 0.15) is 27.0 Å². The summed E-state index contributed by atoms with van der Waals surface area (Å²) < 4.78 is 0.894. The molecular weight excluding hydrogens is 679 g/mol. The molecular formula is C38H35N9O4S. The Bertz CT molecular complexity index is 2150. The highest BCUT2D eigenvalue weighted by molar-refractivity contribution is 7.22. The van der Waals surface area contributed by atoms with Gasteiger partial charge in [0.15, 0.2) is 5.13 Å². The molecule has 0 spiro atoms. The van der Waals surface area contributed by atoms with Crippen molar-refractivity contribution >= 4 is 56.1 Å². The van der Waals surface area contributed by atoms with Crippen LogP contribution in [0.15, 0.2) is 103 Å². The number of fused-ring (bicyclic) bond motifs is 2. The summed E-state index contributed by atoms with van der Waals surface area (Å²) >= 11 is 1.36. The topological polar surface area (TPSA) is 168 Å². The smallest absolute Gasteiger partial charge is 0.333 e. The van der Waals surface area contributed by atoms with Crippen molar-refractivity contribution in [3.05, 3.63) is 125 Å². The number of nitrogens with zero attached hydrogens (tertiary/aromatic N) is 6. The number of hydrazine groups is 1. The summed E-state index contributed by atoms with van der Waals surface area (Å²) in [6, 6.07) is 31.7. The number of anilines is 2. The maximum Gasteiger partial charge on any atom is 0.333 e. The molecule has 5 amide bonds. The second kappa shape index (κ2) is 14.9. The number of piperazine rings is 1. The van der Waals surface area contributed by atoms with Gasteiger partial charge in [-0.3, -0.25) is 14.4 Å². The number of amides is 5. The lowest BCUT2D eigenvalue weighted by Crippen LogP contribution is -2.66. The minimum atomic E-state index is -0.906. The van der Waals surface area contributed by atoms with Crippen molar-refractivity contribution in [3.8, 4) is 6.07 Å². The van der Waals surface area contributed by atoms with E-state index in [1.165, 1.54) is 16.3 Å². The van der Waals surface area contributed by atoms with Crippen molar-refractivity contribution in [2.45, 2.75) is 31.7 Å². The molecule has 0 unspecified atom stereocenters. The Morgan fingerprint density at radius 3 is 2.40 bits per heavy atom. The van der Waals surface area contributed by atoms with Crippen LogP contribution in [0, 0.1) is 11.3 Å². The molecule has 7 rings (SSSR count). The second-order valence-corrected chi connectivity index (χ2v) is 13.6. The number of nitrogen functional groups attached to an aromatic ring is 1. The van der Waals surface area contributed by atoms with E-state index in [4.69, 9.17) is 5.73 Å². The Kier molecular flexibility index (Phi) is 9.79. The van der Waals surface area contributed by atoms with Crippen molar-refractivity contribution in [1.82, 2.24) is 30.1 Å². The number of urea groups is 1. The highest BCUT2D eigenvalue weighted by atomic mass is 32.1. The minimum absolute atomic E-state index is 0.0927. The normalized spacial score (nSPS) is 17.1. The molecule has 2 fully saturated rings. The fraction of sp³-hybridized carbons (Fsp3) is 0.211. The van der Waals surface area contributed by atoms with Gasteiger partial charge in [0.05, 0.1) is 29.4 Å². The number of benzene rings is 4. The number of thiazole rings is 1. The van der Waals surface area contributed by atoms with Gasteiger partial charge in [0.25, 0.3) is 5.91 Å². The first-order chi connectivity index (χ1) is 25.3. The first-order valence-corrected chi connectivity index (χ1v) is 17.5. The lowest BCUT2D eigenvalue weighted by atomic mass is 9.99. The minimum Gasteiger partial charge on any atom is -0.375 e. The zero-order valence-electron chi connectivity index (χ0n) is 28.0. The molecule has 52 heavy (non-hydrogen) atoms. The summed E-state index contributed by atoms with van der Waals surface area (Å²) in [5, 5.41) is 18.8. The van der Waals surface area contributed by atoms with E-state index in [1.54, 1.807) is 51.2 Å². The van der Waals surface area contributed by atoms with Gasteiger partial charge in [-0.05, 0) is 47.0 Å². The molecule has 262 valence electrons. The van der Waals surface area contributed by atoms with Gasteiger partial charge in [-0.15, -0.1) is 0 Å². The van der Waals surface area contributed by atoms with Gasteiger partial charge < -0.3 is 26.2 Å². The molecule has 4 N–H and O–H groups in total. The zero-order chi connectivity index (χ0) is 36.2. The first-order valence-electron chi connectivity index (χ1n) is 16.7. The monoisotopic (exact) mass is 713 g/mol. The lowest BCUT2D eigenvalue weighted by Gasteiger charge is -2.46. The predicted octanol–water partition coefficient (Wildman–Crippen LogP) is 4.20. The summed E-state index contributed by atoms with van der Waals surface area (Å²) in [6.45, 7) is 0.0317. The van der Waals surface area contributed by atoms with Crippen LogP contribution in [-0.4, -0.2) is 80.4 Å². The van der Waals surface area contributed by atoms with Gasteiger partial charge in [-0.2, -0.15) is 10.3 Å². The number of carbonyl (C=O) groups excluding carboxylic acids is 4. The third-order valence-corrected chi connectivity index (χ3v) is 10.0. The predicted molar refractivity (Wildman–Crippen MR) is 196 cm³/mol. The molecule has 2 saturated heterocycles. The Morgan fingerprint density at radius 2 is 1.67 bits per heavy atom. The van der Waals surface area contributed by atoms with Crippen LogP contribution in [0.4, 0.5) is 15.6 Å². The molecule has 5 aromatic rings. The molecule has 4 aromatic carbocycles. The number of nitrogens with two attached hydrogens (primary N) is 1. The largest absolute Gasteiger partial charge is 0.375 e. The Labute approximate surface area is 303 Å². The van der Waals surface area contributed by atoms with Crippen LogP contribution in [0.25, 0.3) is 10.2 Å². The highest BCUT2D eigenvalue weighted by Gasteiger charge is 2.52. The summed E-state index contributed by atoms with van der Waals surface area (Å²) in [6.07, 6.45) is -0.542. The number of carbonyl (C=O) groups is 4. The summed E-state index contributed by atoms with van der Waals surface area (Å²) in [5.74, 6) is -0.833. The Hall–Kier alpha value is -6.30. The van der Waals surface area contributed by atoms with Crippen LogP contribution in [0.2, 0.25) is 0 Å². The zero-order valence-corrected chi connectivity index (χ0v) is 28.8. The van der Waals surface area contributed by atoms with E-state index < -0.39 is 18.2 Å². The van der Waals surface area contributed by atoms with E-state index >= 15 is 0 Å². The molecule has 0 saturated carbocycles. The highest BCUT2D eigenvalue weighted by Crippen LogP contribution is 2.32. The van der Waals surface area contributed by atoms with Gasteiger partial charge in [0.1, 0.15) is 18.8 Å². The van der Waals surface area contributed by atoms with Crippen molar-refractivity contribution in [2.75, 3.05) is 30.7 Å². The summed E-state index contributed by atoms with van der Waals surface area (Å²) in [4.78, 5) is 62.3. The van der Waals surface area contributed by atoms with Crippen LogP contribution >= 0.6 is 11.3 Å². The third kappa shape index (κ3) is 7.13. The average Bonchev–Trinajstić information content (AvgIpc) is 3.71. The van der Waals surface area contributed by atoms with Gasteiger partial charge in [0.2, 0.25) is 11.8 Å². The lowest BCUT2D eigenvalue weighted by molar-refractivity contribution is -0.157. The van der Waals surface area contributed by atoms with Crippen LogP contribution in [0.5, 0.6) is 0 Å². The number of hydrogen-bond donors (Lipinski definition) is 3. The van der Waals surface area contributed by atoms with E-state index in [9.17, 15) is 24.4 Å². The average molecular weight is 714 g/mol. The number of para-hydroxylation sites is 1. The number of rotatable bonds is 10. The number of nitriles is 1. The SMILES string of the molecule is N#CCN(C(=O)NCc1ccccc1)N1CC(=O)N2[C@@H](Cc3ccc(NC(=O)c4ccccc4)cc3)C(=O)N(Cc3cccc4sc(N)nc34)C[C@@H]21. The molecule has 14 heteroatoms. The van der Waals surface area contributed by atoms with Crippen molar-refractivity contribution in [3.63, 3.8) is 0 Å². The standard InChI is InChI=1S/C38H35N9O4S/c39-18-19-45(38(51)41-21-26-8-3-1-4-9-26)46-24-33(48)47-30(20-25-14-16-29(17-15-25)42-35(49)27-10-5-2-6-11-27)36(50)44(23-32(46)47)22-28-12-7-13-31-34(28)43-37(40)52-31/h1-17,30,32H,19-24H2,(H2,40,43)(H,41,51)(H,42,49)/t30-,32+/m0/s1. The molecule has 0 bridgehead atoms. The Morgan fingerprint density at radius 1 is 0.942 bits per heavy atom. The maximum absolute atomic E-state index is 14.4. The van der Waals surface area contributed by atoms with E-state index in [1.807, 2.05) is 66.7 Å². The van der Waals surface area contributed by atoms with Crippen LogP contribution in [0.3, 0.4) is 0 Å². The van der Waals surface area contributed by atoms with Crippen molar-refractivity contribution < 1.29 is 19.2 Å². The molecule has 0 aliphatic carbocycles. The fourth-order valence-corrected chi connectivity index (χ4v) is 7.48. The van der Waals surface area contributed by atoms with E-state index in [2.05, 4.69) is 21.7 Å². The number of nitrogens with one attached hydrogen (secondary N) is 2. The van der Waals surface area contributed by atoms with Gasteiger partial charge in [-0.25, -0.2) is 14.8 Å². The quantitative estimate of drug-likeness (QED) is 0.181. The van der Waals surface area contributed by atoms with E-state index in [0.29, 0.717) is 21.9 Å². The maximum atomic E-state index is 14.4.